The van der Waals surface area contributed by atoms with E-state index in [0.717, 1.165) is 17.1 Å². The van der Waals surface area contributed by atoms with E-state index in [0.29, 0.717) is 11.5 Å². The normalized spacial score (nSPS) is 18.8. The molecule has 1 aliphatic rings. The van der Waals surface area contributed by atoms with Crippen LogP contribution in [-0.2, 0) is 0 Å². The van der Waals surface area contributed by atoms with Crippen molar-refractivity contribution in [2.24, 2.45) is 11.1 Å². The Hall–Kier alpha value is -1.58. The van der Waals surface area contributed by atoms with Gasteiger partial charge in [0.25, 0.3) is 0 Å². The molecule has 0 atom stereocenters. The van der Waals surface area contributed by atoms with Gasteiger partial charge in [-0.15, -0.1) is 0 Å². The molecule has 110 valence electrons. The van der Waals surface area contributed by atoms with Gasteiger partial charge in [0, 0.05) is 18.8 Å². The molecule has 1 heterocycles. The molecule has 1 fully saturated rings. The van der Waals surface area contributed by atoms with Crippen LogP contribution in [0, 0.1) is 17.7 Å². The first kappa shape index (κ1) is 14.8. The van der Waals surface area contributed by atoms with Gasteiger partial charge in [-0.05, 0) is 50.2 Å². The molecule has 1 saturated carbocycles. The Kier molecular flexibility index (Phi) is 4.02. The number of rotatable bonds is 3. The minimum atomic E-state index is 0.0930. The molecule has 4 nitrogen and oxygen atoms in total. The Morgan fingerprint density at radius 2 is 1.95 bits per heavy atom. The summed E-state index contributed by atoms with van der Waals surface area (Å²) >= 11 is 0. The molecule has 0 bridgehead atoms. The van der Waals surface area contributed by atoms with Gasteiger partial charge in [-0.3, -0.25) is 5.41 Å². The molecule has 0 amide bonds. The van der Waals surface area contributed by atoms with Gasteiger partial charge < -0.3 is 10.6 Å². The van der Waals surface area contributed by atoms with Crippen molar-refractivity contribution in [3.63, 3.8) is 0 Å². The molecule has 1 aromatic rings. The van der Waals surface area contributed by atoms with Gasteiger partial charge in [0.05, 0.1) is 5.56 Å². The summed E-state index contributed by atoms with van der Waals surface area (Å²) in [6, 6.07) is 4.32. The van der Waals surface area contributed by atoms with Gasteiger partial charge >= 0.3 is 0 Å². The van der Waals surface area contributed by atoms with Crippen LogP contribution in [0.3, 0.4) is 0 Å². The topological polar surface area (TPSA) is 66.0 Å². The van der Waals surface area contributed by atoms with Gasteiger partial charge in [0.2, 0.25) is 0 Å². The standard InChI is InChI=1S/C16H26N4/c1-11-5-6-13(14(17)18)15(19-11)20(4)12-7-9-16(2,3)10-8-12/h5-6,12H,7-10H2,1-4H3,(H3,17,18). The Labute approximate surface area is 121 Å². The second-order valence-electron chi connectivity index (χ2n) is 6.74. The Balaban J connectivity index is 2.23. The molecule has 0 saturated heterocycles. The lowest BCUT2D eigenvalue weighted by Crippen LogP contribution is -2.38. The van der Waals surface area contributed by atoms with Gasteiger partial charge in [-0.2, -0.15) is 0 Å². The van der Waals surface area contributed by atoms with Crippen molar-refractivity contribution in [3.05, 3.63) is 23.4 Å². The quantitative estimate of drug-likeness (QED) is 0.657. The summed E-state index contributed by atoms with van der Waals surface area (Å²) < 4.78 is 0. The minimum Gasteiger partial charge on any atom is -0.384 e. The summed E-state index contributed by atoms with van der Waals surface area (Å²) in [5.74, 6) is 0.942. The number of anilines is 1. The summed E-state index contributed by atoms with van der Waals surface area (Å²) in [7, 11) is 2.08. The van der Waals surface area contributed by atoms with E-state index in [1.165, 1.54) is 25.7 Å². The summed E-state index contributed by atoms with van der Waals surface area (Å²) in [6.45, 7) is 6.66. The van der Waals surface area contributed by atoms with Crippen LogP contribution < -0.4 is 10.6 Å². The summed E-state index contributed by atoms with van der Waals surface area (Å²) in [4.78, 5) is 6.83. The number of aryl methyl sites for hydroxylation is 1. The van der Waals surface area contributed by atoms with Crippen LogP contribution in [0.5, 0.6) is 0 Å². The van der Waals surface area contributed by atoms with E-state index < -0.39 is 0 Å². The number of amidine groups is 1. The molecule has 3 N–H and O–H groups in total. The number of nitrogen functional groups attached to an aromatic ring is 1. The fraction of sp³-hybridized carbons (Fsp3) is 0.625. The zero-order valence-electron chi connectivity index (χ0n) is 13.0. The van der Waals surface area contributed by atoms with Crippen LogP contribution in [0.4, 0.5) is 5.82 Å². The van der Waals surface area contributed by atoms with Crippen molar-refractivity contribution >= 4 is 11.7 Å². The molecule has 0 unspecified atom stereocenters. The lowest BCUT2D eigenvalue weighted by molar-refractivity contribution is 0.222. The molecule has 20 heavy (non-hydrogen) atoms. The van der Waals surface area contributed by atoms with Gasteiger partial charge in [0.15, 0.2) is 0 Å². The second-order valence-corrected chi connectivity index (χ2v) is 6.74. The van der Waals surface area contributed by atoms with Crippen LogP contribution in [-0.4, -0.2) is 23.9 Å². The van der Waals surface area contributed by atoms with Crippen molar-refractivity contribution in [1.29, 1.82) is 5.41 Å². The van der Waals surface area contributed by atoms with Gasteiger partial charge in [0.1, 0.15) is 11.7 Å². The highest BCUT2D eigenvalue weighted by Gasteiger charge is 2.30. The van der Waals surface area contributed by atoms with E-state index >= 15 is 0 Å². The van der Waals surface area contributed by atoms with Gasteiger partial charge in [-0.1, -0.05) is 13.8 Å². The van der Waals surface area contributed by atoms with Crippen molar-refractivity contribution in [2.75, 3.05) is 11.9 Å². The lowest BCUT2D eigenvalue weighted by atomic mass is 9.75. The molecule has 0 spiro atoms. The molecule has 0 radical (unpaired) electrons. The third-order valence-electron chi connectivity index (χ3n) is 4.50. The maximum atomic E-state index is 7.73. The van der Waals surface area contributed by atoms with Crippen molar-refractivity contribution in [1.82, 2.24) is 4.98 Å². The monoisotopic (exact) mass is 274 g/mol. The van der Waals surface area contributed by atoms with E-state index in [-0.39, 0.29) is 5.84 Å². The predicted molar refractivity (Wildman–Crippen MR) is 84.4 cm³/mol. The van der Waals surface area contributed by atoms with Crippen LogP contribution in [0.15, 0.2) is 12.1 Å². The fourth-order valence-electron chi connectivity index (χ4n) is 2.97. The summed E-state index contributed by atoms with van der Waals surface area (Å²) in [6.07, 6.45) is 4.83. The highest BCUT2D eigenvalue weighted by molar-refractivity contribution is 5.99. The number of pyridine rings is 1. The molecule has 1 aliphatic carbocycles. The SMILES string of the molecule is Cc1ccc(C(=N)N)c(N(C)C2CCC(C)(C)CC2)n1. The first-order chi connectivity index (χ1) is 9.30. The highest BCUT2D eigenvalue weighted by atomic mass is 15.2. The number of nitrogens with one attached hydrogen (secondary N) is 1. The Morgan fingerprint density at radius 1 is 1.35 bits per heavy atom. The number of aromatic nitrogens is 1. The van der Waals surface area contributed by atoms with E-state index in [1.807, 2.05) is 19.1 Å². The highest BCUT2D eigenvalue weighted by Crippen LogP contribution is 2.37. The first-order valence-corrected chi connectivity index (χ1v) is 7.35. The number of nitrogens with two attached hydrogens (primary N) is 1. The molecule has 1 aromatic heterocycles. The second kappa shape index (κ2) is 5.43. The Morgan fingerprint density at radius 3 is 2.50 bits per heavy atom. The van der Waals surface area contributed by atoms with Crippen LogP contribution in [0.25, 0.3) is 0 Å². The predicted octanol–water partition coefficient (Wildman–Crippen LogP) is 3.08. The smallest absolute Gasteiger partial charge is 0.139 e. The first-order valence-electron chi connectivity index (χ1n) is 7.35. The molecule has 4 heteroatoms. The summed E-state index contributed by atoms with van der Waals surface area (Å²) in [5, 5.41) is 7.73. The molecular formula is C16H26N4. The lowest BCUT2D eigenvalue weighted by Gasteiger charge is -2.39. The van der Waals surface area contributed by atoms with E-state index in [4.69, 9.17) is 11.1 Å². The van der Waals surface area contributed by atoms with E-state index in [9.17, 15) is 0 Å². The zero-order chi connectivity index (χ0) is 14.9. The van der Waals surface area contributed by atoms with Crippen LogP contribution >= 0.6 is 0 Å². The minimum absolute atomic E-state index is 0.0930. The van der Waals surface area contributed by atoms with Crippen molar-refractivity contribution < 1.29 is 0 Å². The van der Waals surface area contributed by atoms with Gasteiger partial charge in [-0.25, -0.2) is 4.98 Å². The summed E-state index contributed by atoms with van der Waals surface area (Å²) in [5.41, 5.74) is 7.86. The van der Waals surface area contributed by atoms with Crippen molar-refractivity contribution in [2.45, 2.75) is 52.5 Å². The molecule has 0 aliphatic heterocycles. The third-order valence-corrected chi connectivity index (χ3v) is 4.50. The zero-order valence-corrected chi connectivity index (χ0v) is 13.0. The fourth-order valence-corrected chi connectivity index (χ4v) is 2.97. The van der Waals surface area contributed by atoms with Crippen molar-refractivity contribution in [3.8, 4) is 0 Å². The third kappa shape index (κ3) is 3.11. The van der Waals surface area contributed by atoms with Crippen LogP contribution in [0.1, 0.15) is 50.8 Å². The van der Waals surface area contributed by atoms with E-state index in [2.05, 4.69) is 30.8 Å². The molecular weight excluding hydrogens is 248 g/mol. The largest absolute Gasteiger partial charge is 0.384 e. The average Bonchev–Trinajstić information content (AvgIpc) is 2.37. The number of hydrogen-bond acceptors (Lipinski definition) is 3. The number of nitrogens with zero attached hydrogens (tertiary/aromatic N) is 2. The van der Waals surface area contributed by atoms with Crippen LogP contribution in [0.2, 0.25) is 0 Å². The molecule has 2 rings (SSSR count). The number of hydrogen-bond donors (Lipinski definition) is 2. The molecule has 0 aromatic carbocycles. The maximum absolute atomic E-state index is 7.73. The average molecular weight is 274 g/mol. The maximum Gasteiger partial charge on any atom is 0.139 e. The Bertz CT molecular complexity index is 497. The van der Waals surface area contributed by atoms with E-state index in [1.54, 1.807) is 0 Å².